The van der Waals surface area contributed by atoms with Crippen molar-refractivity contribution in [2.45, 2.75) is 32.6 Å². The Morgan fingerprint density at radius 1 is 1.25 bits per heavy atom. The number of hydrogen-bond donors (Lipinski definition) is 1. The molecule has 0 unspecified atom stereocenters. The van der Waals surface area contributed by atoms with Crippen LogP contribution in [-0.2, 0) is 6.42 Å². The molecule has 1 saturated heterocycles. The molecular formula is C13H19ClN2. The first-order chi connectivity index (χ1) is 7.72. The van der Waals surface area contributed by atoms with Gasteiger partial charge in [0, 0.05) is 18.8 Å². The van der Waals surface area contributed by atoms with Crippen molar-refractivity contribution in [1.82, 2.24) is 0 Å². The van der Waals surface area contributed by atoms with Gasteiger partial charge < -0.3 is 10.6 Å². The Morgan fingerprint density at radius 3 is 2.56 bits per heavy atom. The fraction of sp³-hybridized carbons (Fsp3) is 0.538. The minimum Gasteiger partial charge on any atom is -0.399 e. The zero-order chi connectivity index (χ0) is 11.5. The normalized spacial score (nSPS) is 16.5. The van der Waals surface area contributed by atoms with Crippen LogP contribution in [0.1, 0.15) is 31.7 Å². The average Bonchev–Trinajstić information content (AvgIpc) is 2.29. The molecule has 1 aliphatic heterocycles. The number of aryl methyl sites for hydroxylation is 1. The van der Waals surface area contributed by atoms with Crippen LogP contribution in [0.5, 0.6) is 0 Å². The van der Waals surface area contributed by atoms with Crippen LogP contribution in [0.15, 0.2) is 12.1 Å². The summed E-state index contributed by atoms with van der Waals surface area (Å²) in [6.45, 7) is 4.39. The number of nitrogen functional groups attached to an aromatic ring is 1. The minimum atomic E-state index is 0.766. The van der Waals surface area contributed by atoms with Gasteiger partial charge in [0.25, 0.3) is 0 Å². The first-order valence-electron chi connectivity index (χ1n) is 6.05. The Kier molecular flexibility index (Phi) is 3.59. The van der Waals surface area contributed by atoms with E-state index in [0.29, 0.717) is 0 Å². The van der Waals surface area contributed by atoms with E-state index in [2.05, 4.69) is 17.9 Å². The molecular weight excluding hydrogens is 220 g/mol. The van der Waals surface area contributed by atoms with Crippen molar-refractivity contribution in [3.05, 3.63) is 22.7 Å². The smallest absolute Gasteiger partial charge is 0.0662 e. The number of anilines is 2. The summed E-state index contributed by atoms with van der Waals surface area (Å²) in [5, 5.41) is 0.804. The first-order valence-corrected chi connectivity index (χ1v) is 6.43. The zero-order valence-electron chi connectivity index (χ0n) is 9.80. The Bertz CT molecular complexity index is 370. The van der Waals surface area contributed by atoms with Gasteiger partial charge in [0.05, 0.1) is 10.7 Å². The van der Waals surface area contributed by atoms with Crippen LogP contribution in [0.2, 0.25) is 5.02 Å². The van der Waals surface area contributed by atoms with Gasteiger partial charge in [0.15, 0.2) is 0 Å². The van der Waals surface area contributed by atoms with E-state index in [-0.39, 0.29) is 0 Å². The highest BCUT2D eigenvalue weighted by Crippen LogP contribution is 2.34. The maximum atomic E-state index is 6.33. The van der Waals surface area contributed by atoms with Crippen molar-refractivity contribution >= 4 is 23.0 Å². The lowest BCUT2D eigenvalue weighted by Gasteiger charge is -2.31. The lowest BCUT2D eigenvalue weighted by atomic mass is 10.0. The van der Waals surface area contributed by atoms with Crippen LogP contribution >= 0.6 is 11.6 Å². The van der Waals surface area contributed by atoms with E-state index in [9.17, 15) is 0 Å². The van der Waals surface area contributed by atoms with Gasteiger partial charge >= 0.3 is 0 Å². The molecule has 2 nitrogen and oxygen atoms in total. The summed E-state index contributed by atoms with van der Waals surface area (Å²) in [6.07, 6.45) is 4.86. The zero-order valence-corrected chi connectivity index (χ0v) is 10.6. The molecule has 0 atom stereocenters. The summed E-state index contributed by atoms with van der Waals surface area (Å²) in [5.41, 5.74) is 9.07. The third-order valence-electron chi connectivity index (χ3n) is 3.22. The molecule has 1 aromatic rings. The molecule has 1 heterocycles. The van der Waals surface area contributed by atoms with Crippen molar-refractivity contribution in [1.29, 1.82) is 0 Å². The van der Waals surface area contributed by atoms with Gasteiger partial charge in [0.2, 0.25) is 0 Å². The molecule has 1 aromatic carbocycles. The number of rotatable bonds is 2. The topological polar surface area (TPSA) is 29.3 Å². The first kappa shape index (κ1) is 11.6. The van der Waals surface area contributed by atoms with E-state index in [1.807, 2.05) is 6.07 Å². The number of hydrogen-bond acceptors (Lipinski definition) is 2. The summed E-state index contributed by atoms with van der Waals surface area (Å²) in [5.74, 6) is 0. The van der Waals surface area contributed by atoms with Crippen LogP contribution in [-0.4, -0.2) is 13.1 Å². The predicted octanol–water partition coefficient (Wildman–Crippen LogP) is 3.47. The van der Waals surface area contributed by atoms with Gasteiger partial charge in [-0.15, -0.1) is 0 Å². The summed E-state index contributed by atoms with van der Waals surface area (Å²) in [7, 11) is 0. The molecule has 0 aromatic heterocycles. The monoisotopic (exact) mass is 238 g/mol. The van der Waals surface area contributed by atoms with Crippen LogP contribution in [0.3, 0.4) is 0 Å². The van der Waals surface area contributed by atoms with Gasteiger partial charge in [-0.05, 0) is 43.4 Å². The molecule has 1 aliphatic rings. The molecule has 16 heavy (non-hydrogen) atoms. The molecule has 2 rings (SSSR count). The van der Waals surface area contributed by atoms with Crippen molar-refractivity contribution in [2.24, 2.45) is 0 Å². The second kappa shape index (κ2) is 4.96. The van der Waals surface area contributed by atoms with Gasteiger partial charge in [-0.25, -0.2) is 0 Å². The highest BCUT2D eigenvalue weighted by atomic mass is 35.5. The largest absolute Gasteiger partial charge is 0.399 e. The quantitative estimate of drug-likeness (QED) is 0.800. The van der Waals surface area contributed by atoms with Crippen molar-refractivity contribution in [3.8, 4) is 0 Å². The molecule has 1 fully saturated rings. The Balaban J connectivity index is 2.37. The van der Waals surface area contributed by atoms with Crippen LogP contribution < -0.4 is 10.6 Å². The van der Waals surface area contributed by atoms with E-state index in [1.165, 1.54) is 30.5 Å². The summed E-state index contributed by atoms with van der Waals surface area (Å²) in [4.78, 5) is 2.41. The fourth-order valence-electron chi connectivity index (χ4n) is 2.42. The SMILES string of the molecule is CCc1cc(N)cc(Cl)c1N1CCCCC1. The number of nitrogens with two attached hydrogens (primary N) is 1. The van der Waals surface area contributed by atoms with Crippen molar-refractivity contribution in [2.75, 3.05) is 23.7 Å². The van der Waals surface area contributed by atoms with Crippen LogP contribution in [0.4, 0.5) is 11.4 Å². The van der Waals surface area contributed by atoms with E-state index in [4.69, 9.17) is 17.3 Å². The molecule has 0 saturated carbocycles. The summed E-state index contributed by atoms with van der Waals surface area (Å²) < 4.78 is 0. The third-order valence-corrected chi connectivity index (χ3v) is 3.51. The van der Waals surface area contributed by atoms with Gasteiger partial charge in [-0.3, -0.25) is 0 Å². The van der Waals surface area contributed by atoms with Gasteiger partial charge in [-0.2, -0.15) is 0 Å². The highest BCUT2D eigenvalue weighted by Gasteiger charge is 2.17. The molecule has 0 bridgehead atoms. The lowest BCUT2D eigenvalue weighted by molar-refractivity contribution is 0.576. The van der Waals surface area contributed by atoms with Crippen LogP contribution in [0.25, 0.3) is 0 Å². The van der Waals surface area contributed by atoms with E-state index in [1.54, 1.807) is 0 Å². The predicted molar refractivity (Wildman–Crippen MR) is 71.3 cm³/mol. The van der Waals surface area contributed by atoms with E-state index in [0.717, 1.165) is 30.2 Å². The summed E-state index contributed by atoms with van der Waals surface area (Å²) in [6, 6.07) is 3.92. The second-order valence-electron chi connectivity index (χ2n) is 4.41. The molecule has 2 N–H and O–H groups in total. The molecule has 0 radical (unpaired) electrons. The Hall–Kier alpha value is -0.890. The molecule has 0 amide bonds. The molecule has 0 spiro atoms. The fourth-order valence-corrected chi connectivity index (χ4v) is 2.79. The molecule has 0 aliphatic carbocycles. The minimum absolute atomic E-state index is 0.766. The van der Waals surface area contributed by atoms with E-state index < -0.39 is 0 Å². The number of piperidine rings is 1. The molecule has 3 heteroatoms. The Morgan fingerprint density at radius 2 is 1.94 bits per heavy atom. The standard InChI is InChI=1S/C13H19ClN2/c1-2-10-8-11(15)9-12(14)13(10)16-6-4-3-5-7-16/h8-9H,2-7,15H2,1H3. The number of halogens is 1. The number of nitrogens with zero attached hydrogens (tertiary/aromatic N) is 1. The van der Waals surface area contributed by atoms with Crippen LogP contribution in [0, 0.1) is 0 Å². The van der Waals surface area contributed by atoms with Gasteiger partial charge in [0.1, 0.15) is 0 Å². The average molecular weight is 239 g/mol. The van der Waals surface area contributed by atoms with Gasteiger partial charge in [-0.1, -0.05) is 18.5 Å². The maximum absolute atomic E-state index is 6.33. The highest BCUT2D eigenvalue weighted by molar-refractivity contribution is 6.33. The Labute approximate surface area is 102 Å². The lowest BCUT2D eigenvalue weighted by Crippen LogP contribution is -2.30. The van der Waals surface area contributed by atoms with E-state index >= 15 is 0 Å². The molecule has 88 valence electrons. The number of benzene rings is 1. The van der Waals surface area contributed by atoms with Crippen molar-refractivity contribution in [3.63, 3.8) is 0 Å². The van der Waals surface area contributed by atoms with Crippen molar-refractivity contribution < 1.29 is 0 Å². The third kappa shape index (κ3) is 2.27. The summed E-state index contributed by atoms with van der Waals surface area (Å²) >= 11 is 6.33. The second-order valence-corrected chi connectivity index (χ2v) is 4.82. The maximum Gasteiger partial charge on any atom is 0.0662 e.